The van der Waals surface area contributed by atoms with Gasteiger partial charge in [-0.1, -0.05) is 23.8 Å². The van der Waals surface area contributed by atoms with Crippen LogP contribution in [-0.4, -0.2) is 20.3 Å². The maximum Gasteiger partial charge on any atom is 0.284 e. The van der Waals surface area contributed by atoms with Crippen molar-refractivity contribution in [1.82, 2.24) is 9.55 Å². The highest BCUT2D eigenvalue weighted by molar-refractivity contribution is 7.99. The molecule has 1 aromatic heterocycles. The molecule has 132 valence electrons. The molecule has 0 unspecified atom stereocenters. The smallest absolute Gasteiger partial charge is 0.284 e. The minimum atomic E-state index is -0.468. The summed E-state index contributed by atoms with van der Waals surface area (Å²) < 4.78 is 1.78. The summed E-state index contributed by atoms with van der Waals surface area (Å²) >= 11 is 1.20. The lowest BCUT2D eigenvalue weighted by molar-refractivity contribution is -0.387. The molecule has 3 aromatic rings. The second-order valence-corrected chi connectivity index (χ2v) is 7.02. The number of imidazole rings is 1. The monoisotopic (exact) mass is 367 g/mol. The van der Waals surface area contributed by atoms with Gasteiger partial charge in [-0.2, -0.15) is 0 Å². The van der Waals surface area contributed by atoms with E-state index >= 15 is 0 Å². The molecule has 0 atom stereocenters. The van der Waals surface area contributed by atoms with Crippen LogP contribution in [0, 0.1) is 24.0 Å². The molecule has 0 saturated carbocycles. The van der Waals surface area contributed by atoms with Crippen molar-refractivity contribution in [3.05, 3.63) is 81.2 Å². The Balaban J connectivity index is 1.99. The summed E-state index contributed by atoms with van der Waals surface area (Å²) in [6, 6.07) is 10.1. The Kier molecular flexibility index (Phi) is 4.90. The van der Waals surface area contributed by atoms with Gasteiger partial charge in [0.15, 0.2) is 10.9 Å². The average Bonchev–Trinajstić information content (AvgIpc) is 2.99. The Morgan fingerprint density at radius 3 is 2.58 bits per heavy atom. The zero-order chi connectivity index (χ0) is 18.8. The Labute approximate surface area is 155 Å². The van der Waals surface area contributed by atoms with E-state index in [4.69, 9.17) is 0 Å². The fourth-order valence-electron chi connectivity index (χ4n) is 2.66. The highest BCUT2D eigenvalue weighted by Gasteiger charge is 2.21. The van der Waals surface area contributed by atoms with Gasteiger partial charge in [0.25, 0.3) is 5.69 Å². The molecular formula is C19H17N3O3S. The maximum atomic E-state index is 12.8. The van der Waals surface area contributed by atoms with Crippen LogP contribution in [0.1, 0.15) is 27.0 Å². The number of aryl methyl sites for hydroxylation is 3. The van der Waals surface area contributed by atoms with Crippen LogP contribution in [0.3, 0.4) is 0 Å². The third kappa shape index (κ3) is 3.52. The van der Waals surface area contributed by atoms with Crippen molar-refractivity contribution in [3.8, 4) is 0 Å². The number of carbonyl (C=O) groups excluding carboxylic acids is 1. The van der Waals surface area contributed by atoms with Crippen molar-refractivity contribution in [2.45, 2.75) is 23.9 Å². The summed E-state index contributed by atoms with van der Waals surface area (Å²) in [4.78, 5) is 28.5. The van der Waals surface area contributed by atoms with Crippen molar-refractivity contribution >= 4 is 23.2 Å². The molecule has 0 saturated heterocycles. The zero-order valence-electron chi connectivity index (χ0n) is 14.6. The number of ketones is 1. The van der Waals surface area contributed by atoms with Crippen molar-refractivity contribution in [2.75, 3.05) is 0 Å². The summed E-state index contributed by atoms with van der Waals surface area (Å²) in [5.41, 5.74) is 2.66. The number of benzene rings is 2. The van der Waals surface area contributed by atoms with Crippen LogP contribution in [0.2, 0.25) is 0 Å². The first-order valence-electron chi connectivity index (χ1n) is 7.92. The Bertz CT molecular complexity index is 1010. The van der Waals surface area contributed by atoms with Gasteiger partial charge in [0.2, 0.25) is 0 Å². The van der Waals surface area contributed by atoms with Gasteiger partial charge in [-0.25, -0.2) is 4.98 Å². The van der Waals surface area contributed by atoms with Gasteiger partial charge < -0.3 is 4.57 Å². The molecule has 0 aliphatic carbocycles. The standard InChI is InChI=1S/C19H17N3O3S/c1-12-4-6-15(13(2)10-12)18(23)14-5-7-17(16(11-14)22(24)25)26-19-20-8-9-21(19)3/h4-11H,1-3H3. The van der Waals surface area contributed by atoms with Crippen LogP contribution >= 0.6 is 11.8 Å². The van der Waals surface area contributed by atoms with Gasteiger partial charge in [0, 0.05) is 36.6 Å². The average molecular weight is 367 g/mol. The van der Waals surface area contributed by atoms with Crippen LogP contribution in [0.15, 0.2) is 58.8 Å². The van der Waals surface area contributed by atoms with Gasteiger partial charge in [0.05, 0.1) is 9.82 Å². The van der Waals surface area contributed by atoms with Gasteiger partial charge in [0.1, 0.15) is 0 Å². The lowest BCUT2D eigenvalue weighted by Crippen LogP contribution is -2.05. The fraction of sp³-hybridized carbons (Fsp3) is 0.158. The van der Waals surface area contributed by atoms with E-state index in [1.54, 1.807) is 35.2 Å². The third-order valence-corrected chi connectivity index (χ3v) is 5.16. The first-order valence-corrected chi connectivity index (χ1v) is 8.74. The van der Waals surface area contributed by atoms with E-state index < -0.39 is 4.92 Å². The van der Waals surface area contributed by atoms with Gasteiger partial charge >= 0.3 is 0 Å². The van der Waals surface area contributed by atoms with E-state index in [-0.39, 0.29) is 11.5 Å². The molecule has 2 aromatic carbocycles. The molecule has 7 heteroatoms. The number of carbonyl (C=O) groups is 1. The highest BCUT2D eigenvalue weighted by atomic mass is 32.2. The summed E-state index contributed by atoms with van der Waals surface area (Å²) in [6.45, 7) is 3.82. The van der Waals surface area contributed by atoms with Gasteiger partial charge in [-0.3, -0.25) is 14.9 Å². The van der Waals surface area contributed by atoms with E-state index in [0.717, 1.165) is 11.1 Å². The number of nitro benzene ring substituents is 1. The van der Waals surface area contributed by atoms with Crippen molar-refractivity contribution in [2.24, 2.45) is 7.05 Å². The van der Waals surface area contributed by atoms with Crippen molar-refractivity contribution in [3.63, 3.8) is 0 Å². The van der Waals surface area contributed by atoms with Gasteiger partial charge in [-0.05, 0) is 43.3 Å². The van der Waals surface area contributed by atoms with Crippen LogP contribution in [0.4, 0.5) is 5.69 Å². The molecule has 0 aliphatic heterocycles. The summed E-state index contributed by atoms with van der Waals surface area (Å²) in [5.74, 6) is -0.223. The molecule has 0 bridgehead atoms. The SMILES string of the molecule is Cc1ccc(C(=O)c2ccc(Sc3nccn3C)c([N+](=O)[O-])c2)c(C)c1. The third-order valence-electron chi connectivity index (χ3n) is 4.02. The molecule has 0 N–H and O–H groups in total. The number of hydrogen-bond donors (Lipinski definition) is 0. The largest absolute Gasteiger partial charge is 0.329 e. The van der Waals surface area contributed by atoms with Gasteiger partial charge in [-0.15, -0.1) is 0 Å². The molecule has 26 heavy (non-hydrogen) atoms. The maximum absolute atomic E-state index is 12.8. The first-order chi connectivity index (χ1) is 12.4. The molecule has 0 amide bonds. The molecular weight excluding hydrogens is 350 g/mol. The molecule has 1 heterocycles. The number of nitrogens with zero attached hydrogens (tertiary/aromatic N) is 3. The predicted octanol–water partition coefficient (Wildman–Crippen LogP) is 4.33. The van der Waals surface area contributed by atoms with E-state index in [0.29, 0.717) is 21.2 Å². The van der Waals surface area contributed by atoms with Crippen LogP contribution < -0.4 is 0 Å². The zero-order valence-corrected chi connectivity index (χ0v) is 15.4. The summed E-state index contributed by atoms with van der Waals surface area (Å²) in [7, 11) is 1.82. The van der Waals surface area contributed by atoms with Crippen molar-refractivity contribution < 1.29 is 9.72 Å². The minimum absolute atomic E-state index is 0.103. The Morgan fingerprint density at radius 2 is 1.96 bits per heavy atom. The predicted molar refractivity (Wildman–Crippen MR) is 99.8 cm³/mol. The van der Waals surface area contributed by atoms with Crippen LogP contribution in [-0.2, 0) is 7.05 Å². The fourth-order valence-corrected chi connectivity index (χ4v) is 3.55. The molecule has 0 radical (unpaired) electrons. The molecule has 3 rings (SSSR count). The lowest BCUT2D eigenvalue weighted by atomic mass is 9.97. The summed E-state index contributed by atoms with van der Waals surface area (Å²) in [5, 5.41) is 12.2. The second kappa shape index (κ2) is 7.13. The topological polar surface area (TPSA) is 78.0 Å². The normalized spacial score (nSPS) is 10.7. The Morgan fingerprint density at radius 1 is 1.19 bits per heavy atom. The number of aromatic nitrogens is 2. The highest BCUT2D eigenvalue weighted by Crippen LogP contribution is 2.34. The number of nitro groups is 1. The second-order valence-electron chi connectivity index (χ2n) is 6.01. The lowest BCUT2D eigenvalue weighted by Gasteiger charge is -2.08. The first kappa shape index (κ1) is 17.9. The summed E-state index contributed by atoms with van der Waals surface area (Å²) in [6.07, 6.45) is 3.40. The number of rotatable bonds is 5. The quantitative estimate of drug-likeness (QED) is 0.381. The van der Waals surface area contributed by atoms with Crippen LogP contribution in [0.25, 0.3) is 0 Å². The molecule has 6 nitrogen and oxygen atoms in total. The van der Waals surface area contributed by atoms with E-state index in [9.17, 15) is 14.9 Å². The number of hydrogen-bond acceptors (Lipinski definition) is 5. The van der Waals surface area contributed by atoms with E-state index in [1.807, 2.05) is 33.0 Å². The minimum Gasteiger partial charge on any atom is -0.329 e. The molecule has 0 aliphatic rings. The molecule has 0 fully saturated rings. The van der Waals surface area contributed by atoms with Crippen molar-refractivity contribution in [1.29, 1.82) is 0 Å². The van der Waals surface area contributed by atoms with E-state index in [1.165, 1.54) is 17.8 Å². The van der Waals surface area contributed by atoms with Crippen LogP contribution in [0.5, 0.6) is 0 Å². The van der Waals surface area contributed by atoms with E-state index in [2.05, 4.69) is 4.98 Å². The molecule has 0 spiro atoms. The Hall–Kier alpha value is -2.93.